The van der Waals surface area contributed by atoms with Gasteiger partial charge < -0.3 is 11.1 Å². The molecule has 0 unspecified atom stereocenters. The van der Waals surface area contributed by atoms with Gasteiger partial charge in [-0.15, -0.1) is 0 Å². The Morgan fingerprint density at radius 3 is 2.41 bits per heavy atom. The van der Waals surface area contributed by atoms with Crippen LogP contribution in [0.1, 0.15) is 31.2 Å². The average Bonchev–Trinajstić information content (AvgIpc) is 2.72. The number of anilines is 2. The second-order valence-electron chi connectivity index (χ2n) is 4.43. The SMILES string of the molecule is Nc1ccc(NC2CCCC2)c(C(F)(F)F)c1. The Morgan fingerprint density at radius 1 is 1.18 bits per heavy atom. The Bertz CT molecular complexity index is 395. The molecule has 0 saturated heterocycles. The van der Waals surface area contributed by atoms with Crippen LogP contribution in [0.2, 0.25) is 0 Å². The van der Waals surface area contributed by atoms with E-state index >= 15 is 0 Å². The number of hydrogen-bond donors (Lipinski definition) is 2. The molecule has 17 heavy (non-hydrogen) atoms. The van der Waals surface area contributed by atoms with E-state index in [1.165, 1.54) is 12.1 Å². The summed E-state index contributed by atoms with van der Waals surface area (Å²) in [6.07, 6.45) is -0.346. The highest BCUT2D eigenvalue weighted by Crippen LogP contribution is 2.37. The largest absolute Gasteiger partial charge is 0.418 e. The zero-order valence-electron chi connectivity index (χ0n) is 9.35. The van der Waals surface area contributed by atoms with Crippen LogP contribution in [0, 0.1) is 0 Å². The lowest BCUT2D eigenvalue weighted by molar-refractivity contribution is -0.136. The Hall–Kier alpha value is -1.39. The number of rotatable bonds is 2. The summed E-state index contributed by atoms with van der Waals surface area (Å²) in [5.74, 6) is 0. The molecule has 0 heterocycles. The smallest absolute Gasteiger partial charge is 0.399 e. The van der Waals surface area contributed by atoms with Gasteiger partial charge in [-0.05, 0) is 31.0 Å². The fourth-order valence-corrected chi connectivity index (χ4v) is 2.21. The molecule has 5 heteroatoms. The fraction of sp³-hybridized carbons (Fsp3) is 0.500. The minimum absolute atomic E-state index is 0.134. The summed E-state index contributed by atoms with van der Waals surface area (Å²) in [5.41, 5.74) is 5.00. The quantitative estimate of drug-likeness (QED) is 0.779. The molecular weight excluding hydrogens is 229 g/mol. The molecule has 3 N–H and O–H groups in total. The molecule has 1 fully saturated rings. The molecule has 0 bridgehead atoms. The molecule has 0 aliphatic heterocycles. The average molecular weight is 244 g/mol. The van der Waals surface area contributed by atoms with Crippen molar-refractivity contribution in [1.82, 2.24) is 0 Å². The maximum absolute atomic E-state index is 12.8. The zero-order valence-corrected chi connectivity index (χ0v) is 9.35. The Kier molecular flexibility index (Phi) is 3.17. The van der Waals surface area contributed by atoms with Crippen molar-refractivity contribution in [2.75, 3.05) is 11.1 Å². The normalized spacial score (nSPS) is 17.4. The first kappa shape index (κ1) is 12.1. The molecule has 1 saturated carbocycles. The van der Waals surface area contributed by atoms with E-state index in [1.807, 2.05) is 0 Å². The summed E-state index contributed by atoms with van der Waals surface area (Å²) in [6.45, 7) is 0. The van der Waals surface area contributed by atoms with Crippen molar-refractivity contribution >= 4 is 11.4 Å². The van der Waals surface area contributed by atoms with E-state index in [9.17, 15) is 13.2 Å². The van der Waals surface area contributed by atoms with Crippen LogP contribution in [-0.2, 0) is 6.18 Å². The van der Waals surface area contributed by atoms with Gasteiger partial charge in [-0.1, -0.05) is 12.8 Å². The molecular formula is C12H15F3N2. The summed E-state index contributed by atoms with van der Waals surface area (Å²) in [7, 11) is 0. The molecule has 0 spiro atoms. The van der Waals surface area contributed by atoms with Gasteiger partial charge in [0, 0.05) is 17.4 Å². The molecule has 2 rings (SSSR count). The van der Waals surface area contributed by atoms with Gasteiger partial charge in [0.15, 0.2) is 0 Å². The van der Waals surface area contributed by atoms with Crippen LogP contribution in [0.15, 0.2) is 18.2 Å². The maximum Gasteiger partial charge on any atom is 0.418 e. The van der Waals surface area contributed by atoms with Crippen molar-refractivity contribution in [2.45, 2.75) is 37.9 Å². The second-order valence-corrected chi connectivity index (χ2v) is 4.43. The van der Waals surface area contributed by atoms with Crippen LogP contribution in [0.5, 0.6) is 0 Å². The van der Waals surface area contributed by atoms with Crippen molar-refractivity contribution < 1.29 is 13.2 Å². The topological polar surface area (TPSA) is 38.0 Å². The number of hydrogen-bond acceptors (Lipinski definition) is 2. The fourth-order valence-electron chi connectivity index (χ4n) is 2.21. The summed E-state index contributed by atoms with van der Waals surface area (Å²) < 4.78 is 38.4. The maximum atomic E-state index is 12.8. The Balaban J connectivity index is 2.25. The number of halogens is 3. The van der Waals surface area contributed by atoms with E-state index in [0.29, 0.717) is 0 Å². The van der Waals surface area contributed by atoms with E-state index in [1.54, 1.807) is 0 Å². The summed E-state index contributed by atoms with van der Waals surface area (Å²) in [6, 6.07) is 4.04. The summed E-state index contributed by atoms with van der Waals surface area (Å²) in [5, 5.41) is 2.97. The molecule has 1 aromatic rings. The van der Waals surface area contributed by atoms with E-state index in [0.717, 1.165) is 31.7 Å². The lowest BCUT2D eigenvalue weighted by Crippen LogP contribution is -2.18. The highest BCUT2D eigenvalue weighted by Gasteiger charge is 2.34. The number of alkyl halides is 3. The van der Waals surface area contributed by atoms with E-state index in [2.05, 4.69) is 5.32 Å². The highest BCUT2D eigenvalue weighted by molar-refractivity contribution is 5.59. The molecule has 1 aliphatic carbocycles. The standard InChI is InChI=1S/C12H15F3N2/c13-12(14,15)10-7-8(16)5-6-11(10)17-9-3-1-2-4-9/h5-7,9,17H,1-4,16H2. The Morgan fingerprint density at radius 2 is 1.82 bits per heavy atom. The summed E-state index contributed by atoms with van der Waals surface area (Å²) in [4.78, 5) is 0. The van der Waals surface area contributed by atoms with Crippen LogP contribution in [0.3, 0.4) is 0 Å². The van der Waals surface area contributed by atoms with E-state index in [4.69, 9.17) is 5.73 Å². The van der Waals surface area contributed by atoms with Crippen LogP contribution in [0.4, 0.5) is 24.5 Å². The molecule has 0 atom stereocenters. The molecule has 94 valence electrons. The van der Waals surface area contributed by atoms with Crippen LogP contribution >= 0.6 is 0 Å². The second kappa shape index (κ2) is 4.47. The van der Waals surface area contributed by atoms with Crippen molar-refractivity contribution in [2.24, 2.45) is 0 Å². The summed E-state index contributed by atoms with van der Waals surface area (Å²) >= 11 is 0. The van der Waals surface area contributed by atoms with Crippen molar-refractivity contribution in [3.05, 3.63) is 23.8 Å². The molecule has 1 aliphatic rings. The van der Waals surface area contributed by atoms with Crippen molar-refractivity contribution in [3.63, 3.8) is 0 Å². The minimum atomic E-state index is -4.36. The lowest BCUT2D eigenvalue weighted by atomic mass is 10.1. The van der Waals surface area contributed by atoms with Crippen molar-refractivity contribution in [3.8, 4) is 0 Å². The third-order valence-corrected chi connectivity index (χ3v) is 3.06. The third-order valence-electron chi connectivity index (χ3n) is 3.06. The third kappa shape index (κ3) is 2.84. The Labute approximate surface area is 98.0 Å². The highest BCUT2D eigenvalue weighted by atomic mass is 19.4. The van der Waals surface area contributed by atoms with Gasteiger partial charge in [-0.2, -0.15) is 13.2 Å². The monoisotopic (exact) mass is 244 g/mol. The molecule has 0 aromatic heterocycles. The van der Waals surface area contributed by atoms with Crippen LogP contribution < -0.4 is 11.1 Å². The number of benzene rings is 1. The van der Waals surface area contributed by atoms with Gasteiger partial charge >= 0.3 is 6.18 Å². The van der Waals surface area contributed by atoms with E-state index < -0.39 is 11.7 Å². The zero-order chi connectivity index (χ0) is 12.5. The van der Waals surface area contributed by atoms with Gasteiger partial charge in [0.25, 0.3) is 0 Å². The predicted octanol–water partition coefficient (Wildman–Crippen LogP) is 3.64. The molecule has 0 radical (unpaired) electrons. The predicted molar refractivity (Wildman–Crippen MR) is 61.7 cm³/mol. The number of nitrogens with one attached hydrogen (secondary N) is 1. The molecule has 0 amide bonds. The van der Waals surface area contributed by atoms with Gasteiger partial charge in [0.1, 0.15) is 0 Å². The van der Waals surface area contributed by atoms with Crippen molar-refractivity contribution in [1.29, 1.82) is 0 Å². The van der Waals surface area contributed by atoms with Gasteiger partial charge in [0.2, 0.25) is 0 Å². The minimum Gasteiger partial charge on any atom is -0.399 e. The first-order valence-electron chi connectivity index (χ1n) is 5.70. The number of nitrogen functional groups attached to an aromatic ring is 1. The molecule has 2 nitrogen and oxygen atoms in total. The first-order chi connectivity index (χ1) is 7.97. The lowest BCUT2D eigenvalue weighted by Gasteiger charge is -2.19. The van der Waals surface area contributed by atoms with Gasteiger partial charge in [0.05, 0.1) is 5.56 Å². The molecule has 1 aromatic carbocycles. The van der Waals surface area contributed by atoms with Crippen LogP contribution in [-0.4, -0.2) is 6.04 Å². The van der Waals surface area contributed by atoms with Crippen LogP contribution in [0.25, 0.3) is 0 Å². The van der Waals surface area contributed by atoms with Gasteiger partial charge in [-0.25, -0.2) is 0 Å². The first-order valence-corrected chi connectivity index (χ1v) is 5.70. The number of nitrogens with two attached hydrogens (primary N) is 1. The van der Waals surface area contributed by atoms with E-state index in [-0.39, 0.29) is 17.4 Å². The van der Waals surface area contributed by atoms with Gasteiger partial charge in [-0.3, -0.25) is 0 Å².